The third kappa shape index (κ3) is 6.64. The van der Waals surface area contributed by atoms with Gasteiger partial charge < -0.3 is 9.80 Å². The molecule has 0 aliphatic carbocycles. The fourth-order valence-electron chi connectivity index (χ4n) is 9.39. The summed E-state index contributed by atoms with van der Waals surface area (Å²) in [6.07, 6.45) is 10.0. The maximum absolute atomic E-state index is 2.61. The molecule has 2 heteroatoms. The molecule has 8 aromatic rings. The fourth-order valence-corrected chi connectivity index (χ4v) is 9.39. The average Bonchev–Trinajstić information content (AvgIpc) is 3.28. The van der Waals surface area contributed by atoms with Gasteiger partial charge in [0.1, 0.15) is 0 Å². The van der Waals surface area contributed by atoms with E-state index in [0.717, 1.165) is 26.2 Å². The highest BCUT2D eigenvalue weighted by Crippen LogP contribution is 2.47. The van der Waals surface area contributed by atoms with Crippen LogP contribution in [0.15, 0.2) is 164 Å². The Morgan fingerprint density at radius 2 is 0.893 bits per heavy atom. The Bertz CT molecular complexity index is 2660. The van der Waals surface area contributed by atoms with Crippen LogP contribution in [-0.4, -0.2) is 26.2 Å². The molecule has 56 heavy (non-hydrogen) atoms. The van der Waals surface area contributed by atoms with Crippen LogP contribution >= 0.6 is 0 Å². The quantitative estimate of drug-likeness (QED) is 0.119. The van der Waals surface area contributed by atoms with E-state index in [-0.39, 0.29) is 0 Å². The van der Waals surface area contributed by atoms with Gasteiger partial charge >= 0.3 is 0 Å². The summed E-state index contributed by atoms with van der Waals surface area (Å²) in [6, 6.07) is 61.4. The van der Waals surface area contributed by atoms with Gasteiger partial charge in [0.05, 0.1) is 0 Å². The molecular weight excluding hydrogens is 677 g/mol. The molecule has 2 saturated heterocycles. The van der Waals surface area contributed by atoms with Crippen LogP contribution in [0.2, 0.25) is 0 Å². The molecule has 0 unspecified atom stereocenters. The Balaban J connectivity index is 1.24. The molecule has 0 spiro atoms. The molecule has 0 bridgehead atoms. The lowest BCUT2D eigenvalue weighted by Gasteiger charge is -2.30. The van der Waals surface area contributed by atoms with Crippen molar-refractivity contribution in [2.75, 3.05) is 36.0 Å². The summed E-state index contributed by atoms with van der Waals surface area (Å²) in [5, 5.41) is 7.82. The zero-order chi connectivity index (χ0) is 37.3. The maximum atomic E-state index is 2.61. The third-order valence-electron chi connectivity index (χ3n) is 12.2. The molecule has 2 aliphatic heterocycles. The van der Waals surface area contributed by atoms with Gasteiger partial charge in [-0.25, -0.2) is 0 Å². The first-order chi connectivity index (χ1) is 27.8. The Labute approximate surface area is 331 Å². The number of fused-ring (bicyclic) bond motifs is 3. The summed E-state index contributed by atoms with van der Waals surface area (Å²) >= 11 is 0. The van der Waals surface area contributed by atoms with E-state index in [1.807, 2.05) is 0 Å². The standard InChI is InChI=1S/C54H48N2/c1-5-18-41(19-6-1)50(42-20-7-2-8-21-42)35-39-16-15-23-44(34-39)53-48-28-26-47(56-32-13-4-14-33-56)38-52(48)54(45-25-24-40-17-9-10-22-43(40)36-45)49-29-27-46(37-51(49)53)55-30-11-3-12-31-55/h1-2,5-10,15-29,34-38H,3-4,11-14,30-33H2. The maximum Gasteiger partial charge on any atom is 0.0372 e. The second-order valence-electron chi connectivity index (χ2n) is 15.8. The van der Waals surface area contributed by atoms with Gasteiger partial charge in [-0.2, -0.15) is 0 Å². The fraction of sp³-hybridized carbons (Fsp3) is 0.185. The molecule has 0 N–H and O–H groups in total. The molecule has 2 fully saturated rings. The van der Waals surface area contributed by atoms with Crippen LogP contribution in [0.3, 0.4) is 0 Å². The van der Waals surface area contributed by atoms with E-state index in [2.05, 4.69) is 180 Å². The predicted octanol–water partition coefficient (Wildman–Crippen LogP) is 14.0. The molecule has 0 radical (unpaired) electrons. The predicted molar refractivity (Wildman–Crippen MR) is 242 cm³/mol. The minimum absolute atomic E-state index is 1.12. The van der Waals surface area contributed by atoms with Crippen molar-refractivity contribution in [2.45, 2.75) is 38.5 Å². The number of piperidine rings is 2. The third-order valence-corrected chi connectivity index (χ3v) is 12.2. The number of benzene rings is 8. The van der Waals surface area contributed by atoms with E-state index in [1.54, 1.807) is 0 Å². The van der Waals surface area contributed by atoms with Crippen LogP contribution in [0.1, 0.15) is 55.2 Å². The molecule has 2 heterocycles. The summed E-state index contributed by atoms with van der Waals surface area (Å²) in [5.41, 5.74) is 12.7. The number of anilines is 2. The molecule has 274 valence electrons. The van der Waals surface area contributed by atoms with Crippen LogP contribution in [0.5, 0.6) is 0 Å². The van der Waals surface area contributed by atoms with Gasteiger partial charge in [-0.05, 0) is 158 Å². The highest BCUT2D eigenvalue weighted by molar-refractivity contribution is 6.22. The van der Waals surface area contributed by atoms with E-state index in [4.69, 9.17) is 0 Å². The molecule has 10 rings (SSSR count). The molecule has 0 saturated carbocycles. The highest BCUT2D eigenvalue weighted by Gasteiger charge is 2.21. The Morgan fingerprint density at radius 1 is 0.375 bits per heavy atom. The second kappa shape index (κ2) is 15.2. The summed E-state index contributed by atoms with van der Waals surface area (Å²) in [4.78, 5) is 5.22. The lowest BCUT2D eigenvalue weighted by atomic mass is 9.84. The summed E-state index contributed by atoms with van der Waals surface area (Å²) in [6.45, 7) is 4.48. The van der Waals surface area contributed by atoms with Gasteiger partial charge in [0.2, 0.25) is 0 Å². The van der Waals surface area contributed by atoms with Crippen molar-refractivity contribution in [1.29, 1.82) is 0 Å². The first kappa shape index (κ1) is 34.4. The van der Waals surface area contributed by atoms with Crippen molar-refractivity contribution >= 4 is 55.3 Å². The SMILES string of the molecule is C(=C(c1ccccc1)c1ccccc1)c1cccc(-c2c3ccc(N4CCCCC4)cc3c(-c3ccc4ccccc4c3)c3ccc(N4CCCCC4)cc23)c1. The minimum Gasteiger partial charge on any atom is -0.372 e. The zero-order valence-electron chi connectivity index (χ0n) is 32.1. The zero-order valence-corrected chi connectivity index (χ0v) is 32.1. The van der Waals surface area contributed by atoms with Gasteiger partial charge in [0, 0.05) is 37.6 Å². The van der Waals surface area contributed by atoms with E-state index < -0.39 is 0 Å². The minimum atomic E-state index is 1.12. The van der Waals surface area contributed by atoms with E-state index >= 15 is 0 Å². The largest absolute Gasteiger partial charge is 0.372 e. The Morgan fingerprint density at radius 3 is 1.46 bits per heavy atom. The first-order valence-electron chi connectivity index (χ1n) is 20.7. The topological polar surface area (TPSA) is 6.48 Å². The van der Waals surface area contributed by atoms with Gasteiger partial charge in [-0.1, -0.05) is 127 Å². The molecule has 0 aromatic heterocycles. The van der Waals surface area contributed by atoms with Crippen LogP contribution in [0.25, 0.3) is 66.2 Å². The van der Waals surface area contributed by atoms with Crippen molar-refractivity contribution in [3.63, 3.8) is 0 Å². The smallest absolute Gasteiger partial charge is 0.0372 e. The average molecular weight is 725 g/mol. The van der Waals surface area contributed by atoms with Gasteiger partial charge in [0.15, 0.2) is 0 Å². The number of rotatable bonds is 7. The molecule has 2 nitrogen and oxygen atoms in total. The summed E-state index contributed by atoms with van der Waals surface area (Å²) < 4.78 is 0. The first-order valence-corrected chi connectivity index (χ1v) is 20.7. The van der Waals surface area contributed by atoms with Crippen LogP contribution in [0.4, 0.5) is 11.4 Å². The van der Waals surface area contributed by atoms with Gasteiger partial charge in [0.25, 0.3) is 0 Å². The van der Waals surface area contributed by atoms with E-state index in [0.29, 0.717) is 0 Å². The number of hydrogen-bond donors (Lipinski definition) is 0. The molecule has 0 amide bonds. The number of nitrogens with zero attached hydrogens (tertiary/aromatic N) is 2. The van der Waals surface area contributed by atoms with Crippen molar-refractivity contribution < 1.29 is 0 Å². The van der Waals surface area contributed by atoms with Gasteiger partial charge in [-0.15, -0.1) is 0 Å². The van der Waals surface area contributed by atoms with Crippen LogP contribution in [-0.2, 0) is 0 Å². The Hall–Kier alpha value is -6.12. The van der Waals surface area contributed by atoms with E-state index in [1.165, 1.54) is 127 Å². The van der Waals surface area contributed by atoms with Crippen LogP contribution < -0.4 is 9.80 Å². The van der Waals surface area contributed by atoms with Crippen LogP contribution in [0, 0.1) is 0 Å². The summed E-state index contributed by atoms with van der Waals surface area (Å²) in [7, 11) is 0. The highest BCUT2D eigenvalue weighted by atomic mass is 15.1. The molecule has 8 aromatic carbocycles. The lowest BCUT2D eigenvalue weighted by molar-refractivity contribution is 0.578. The molecular formula is C54H48N2. The summed E-state index contributed by atoms with van der Waals surface area (Å²) in [5.74, 6) is 0. The second-order valence-corrected chi connectivity index (χ2v) is 15.8. The normalized spacial score (nSPS) is 14.7. The molecule has 0 atom stereocenters. The van der Waals surface area contributed by atoms with E-state index in [9.17, 15) is 0 Å². The van der Waals surface area contributed by atoms with Crippen molar-refractivity contribution in [2.24, 2.45) is 0 Å². The lowest BCUT2D eigenvalue weighted by Crippen LogP contribution is -2.29. The van der Waals surface area contributed by atoms with Gasteiger partial charge in [-0.3, -0.25) is 0 Å². The Kier molecular flexibility index (Phi) is 9.33. The monoisotopic (exact) mass is 724 g/mol. The van der Waals surface area contributed by atoms with Crippen molar-refractivity contribution in [3.05, 3.63) is 180 Å². The van der Waals surface area contributed by atoms with Crippen molar-refractivity contribution in [1.82, 2.24) is 0 Å². The van der Waals surface area contributed by atoms with Crippen molar-refractivity contribution in [3.8, 4) is 22.3 Å². The molecule has 2 aliphatic rings. The number of hydrogen-bond acceptors (Lipinski definition) is 2.